The van der Waals surface area contributed by atoms with Crippen molar-refractivity contribution in [3.05, 3.63) is 60.2 Å². The highest BCUT2D eigenvalue weighted by atomic mass is 16.5. The number of likely N-dealkylation sites (tertiary alicyclic amines) is 1. The normalized spacial score (nSPS) is 17.6. The van der Waals surface area contributed by atoms with Crippen molar-refractivity contribution < 1.29 is 14.3 Å². The monoisotopic (exact) mass is 393 g/mol. The van der Waals surface area contributed by atoms with Gasteiger partial charge in [-0.3, -0.25) is 4.79 Å². The van der Waals surface area contributed by atoms with Crippen LogP contribution in [0.15, 0.2) is 59.7 Å². The van der Waals surface area contributed by atoms with Crippen molar-refractivity contribution >= 4 is 17.5 Å². The van der Waals surface area contributed by atoms with Gasteiger partial charge in [-0.15, -0.1) is 5.10 Å². The molecule has 0 radical (unpaired) electrons. The van der Waals surface area contributed by atoms with Gasteiger partial charge in [0.1, 0.15) is 5.75 Å². The van der Waals surface area contributed by atoms with Crippen LogP contribution in [-0.4, -0.2) is 49.6 Å². The van der Waals surface area contributed by atoms with Crippen molar-refractivity contribution in [2.45, 2.75) is 25.7 Å². The molecule has 0 spiro atoms. The van der Waals surface area contributed by atoms with Crippen LogP contribution in [-0.2, 0) is 9.53 Å². The number of hydrazone groups is 1. The lowest BCUT2D eigenvalue weighted by molar-refractivity contribution is -0.121. The summed E-state index contributed by atoms with van der Waals surface area (Å²) < 4.78 is 11.7. The number of rotatable bonds is 7. The van der Waals surface area contributed by atoms with Crippen molar-refractivity contribution in [3.63, 3.8) is 0 Å². The molecule has 2 aromatic rings. The van der Waals surface area contributed by atoms with Gasteiger partial charge in [-0.05, 0) is 56.6 Å². The molecule has 4 rings (SSSR count). The second-order valence-electron chi connectivity index (χ2n) is 7.34. The number of anilines is 1. The zero-order chi connectivity index (χ0) is 19.9. The quantitative estimate of drug-likeness (QED) is 0.674. The van der Waals surface area contributed by atoms with Gasteiger partial charge < -0.3 is 14.4 Å². The van der Waals surface area contributed by atoms with Crippen LogP contribution in [0.4, 0.5) is 5.69 Å². The minimum absolute atomic E-state index is 0.0446. The Labute approximate surface area is 171 Å². The number of carbonyl (C=O) groups excluding carboxylic acids is 1. The second kappa shape index (κ2) is 9.56. The van der Waals surface area contributed by atoms with E-state index in [-0.39, 0.29) is 12.5 Å². The Morgan fingerprint density at radius 2 is 1.72 bits per heavy atom. The van der Waals surface area contributed by atoms with Gasteiger partial charge in [-0.1, -0.05) is 36.8 Å². The number of ether oxygens (including phenoxy) is 2. The maximum atomic E-state index is 12.3. The summed E-state index contributed by atoms with van der Waals surface area (Å²) in [5, 5.41) is 5.85. The first-order valence-electron chi connectivity index (χ1n) is 10.4. The Morgan fingerprint density at radius 1 is 0.966 bits per heavy atom. The summed E-state index contributed by atoms with van der Waals surface area (Å²) in [5.74, 6) is 0.937. The number of hydrogen-bond donors (Lipinski definition) is 0. The van der Waals surface area contributed by atoms with E-state index in [9.17, 15) is 4.79 Å². The lowest BCUT2D eigenvalue weighted by Crippen LogP contribution is -2.37. The fourth-order valence-corrected chi connectivity index (χ4v) is 3.69. The third kappa shape index (κ3) is 4.95. The fraction of sp³-hybridized carbons (Fsp3) is 0.391. The first-order valence-corrected chi connectivity index (χ1v) is 10.4. The molecule has 1 amide bonds. The van der Waals surface area contributed by atoms with Crippen molar-refractivity contribution in [2.75, 3.05) is 37.9 Å². The predicted molar refractivity (Wildman–Crippen MR) is 113 cm³/mol. The van der Waals surface area contributed by atoms with E-state index in [0.717, 1.165) is 30.0 Å². The van der Waals surface area contributed by atoms with Crippen LogP contribution >= 0.6 is 0 Å². The van der Waals surface area contributed by atoms with E-state index in [1.165, 1.54) is 37.4 Å². The zero-order valence-corrected chi connectivity index (χ0v) is 16.6. The third-order valence-electron chi connectivity index (χ3n) is 5.20. The number of para-hydroxylation sites is 2. The van der Waals surface area contributed by atoms with Crippen LogP contribution in [0.25, 0.3) is 0 Å². The number of nitrogens with zero attached hydrogens (tertiary/aromatic N) is 3. The molecular formula is C23H27N3O3. The molecule has 1 saturated heterocycles. The van der Waals surface area contributed by atoms with Gasteiger partial charge in [0.2, 0.25) is 5.90 Å². The highest BCUT2D eigenvalue weighted by molar-refractivity contribution is 6.05. The summed E-state index contributed by atoms with van der Waals surface area (Å²) in [7, 11) is 0. The molecule has 0 bridgehead atoms. The first-order chi connectivity index (χ1) is 14.3. The molecule has 0 aliphatic carbocycles. The van der Waals surface area contributed by atoms with E-state index in [1.54, 1.807) is 0 Å². The number of piperidine rings is 1. The summed E-state index contributed by atoms with van der Waals surface area (Å²) in [4.78, 5) is 14.8. The molecule has 2 aliphatic rings. The Kier molecular flexibility index (Phi) is 6.42. The Balaban J connectivity index is 1.43. The topological polar surface area (TPSA) is 54.4 Å². The van der Waals surface area contributed by atoms with E-state index in [2.05, 4.69) is 10.0 Å². The van der Waals surface area contributed by atoms with Crippen LogP contribution in [0, 0.1) is 0 Å². The molecular weight excluding hydrogens is 366 g/mol. The molecule has 0 saturated carbocycles. The molecule has 6 nitrogen and oxygen atoms in total. The van der Waals surface area contributed by atoms with E-state index in [1.807, 2.05) is 54.6 Å². The van der Waals surface area contributed by atoms with Crippen molar-refractivity contribution in [1.82, 2.24) is 4.90 Å². The highest BCUT2D eigenvalue weighted by Gasteiger charge is 2.25. The lowest BCUT2D eigenvalue weighted by atomic mass is 10.1. The fourth-order valence-electron chi connectivity index (χ4n) is 3.69. The summed E-state index contributed by atoms with van der Waals surface area (Å²) >= 11 is 0. The third-order valence-corrected chi connectivity index (χ3v) is 5.20. The van der Waals surface area contributed by atoms with Crippen molar-refractivity contribution in [2.24, 2.45) is 5.10 Å². The van der Waals surface area contributed by atoms with Gasteiger partial charge in [-0.2, -0.15) is 5.01 Å². The average molecular weight is 393 g/mol. The molecule has 29 heavy (non-hydrogen) atoms. The predicted octanol–water partition coefficient (Wildman–Crippen LogP) is 3.67. The van der Waals surface area contributed by atoms with Crippen molar-refractivity contribution in [1.29, 1.82) is 0 Å². The van der Waals surface area contributed by atoms with Crippen LogP contribution in [0.3, 0.4) is 0 Å². The van der Waals surface area contributed by atoms with E-state index >= 15 is 0 Å². The summed E-state index contributed by atoms with van der Waals surface area (Å²) in [6.07, 6.45) is 4.94. The van der Waals surface area contributed by atoms with Crippen LogP contribution < -0.4 is 9.75 Å². The number of hydrogen-bond acceptors (Lipinski definition) is 5. The highest BCUT2D eigenvalue weighted by Crippen LogP contribution is 2.24. The molecule has 152 valence electrons. The zero-order valence-electron chi connectivity index (χ0n) is 16.6. The van der Waals surface area contributed by atoms with E-state index < -0.39 is 0 Å². The summed E-state index contributed by atoms with van der Waals surface area (Å²) in [6.45, 7) is 4.06. The molecule has 0 N–H and O–H groups in total. The summed E-state index contributed by atoms with van der Waals surface area (Å²) in [5.41, 5.74) is 1.48. The Morgan fingerprint density at radius 3 is 2.55 bits per heavy atom. The van der Waals surface area contributed by atoms with Gasteiger partial charge in [-0.25, -0.2) is 0 Å². The maximum Gasteiger partial charge on any atom is 0.285 e. The first kappa shape index (κ1) is 19.5. The largest absolute Gasteiger partial charge is 0.493 e. The molecule has 0 atom stereocenters. The molecule has 2 aliphatic heterocycles. The van der Waals surface area contributed by atoms with Crippen LogP contribution in [0.2, 0.25) is 0 Å². The van der Waals surface area contributed by atoms with Gasteiger partial charge in [0.15, 0.2) is 6.61 Å². The summed E-state index contributed by atoms with van der Waals surface area (Å²) in [6, 6.07) is 17.1. The van der Waals surface area contributed by atoms with Gasteiger partial charge in [0.05, 0.1) is 17.9 Å². The average Bonchev–Trinajstić information content (AvgIpc) is 2.79. The second-order valence-corrected chi connectivity index (χ2v) is 7.34. The number of benzene rings is 2. The van der Waals surface area contributed by atoms with Gasteiger partial charge >= 0.3 is 0 Å². The molecule has 0 aromatic heterocycles. The number of carbonyl (C=O) groups is 1. The molecule has 6 heteroatoms. The lowest BCUT2D eigenvalue weighted by Gasteiger charge is -2.26. The minimum atomic E-state index is -0.195. The maximum absolute atomic E-state index is 12.3. The Hall–Kier alpha value is -2.86. The smallest absolute Gasteiger partial charge is 0.285 e. The van der Waals surface area contributed by atoms with Crippen LogP contribution in [0.5, 0.6) is 5.75 Å². The molecule has 2 aromatic carbocycles. The minimum Gasteiger partial charge on any atom is -0.493 e. The van der Waals surface area contributed by atoms with Gasteiger partial charge in [0, 0.05) is 6.54 Å². The number of amides is 1. The molecule has 0 unspecified atom stereocenters. The SMILES string of the molecule is O=C1COC(c2ccccc2OCCCN2CCCCC2)=NN1c1ccccc1. The molecule has 2 heterocycles. The Bertz CT molecular complexity index is 847. The molecule has 1 fully saturated rings. The van der Waals surface area contributed by atoms with Crippen molar-refractivity contribution in [3.8, 4) is 5.75 Å². The van der Waals surface area contributed by atoms with Gasteiger partial charge in [0.25, 0.3) is 5.91 Å². The standard InChI is InChI=1S/C23H27N3O3/c27-22-18-29-23(24-26(22)19-10-3-1-4-11-19)20-12-5-6-13-21(20)28-17-9-16-25-14-7-2-8-15-25/h1,3-6,10-13H,2,7-9,14-18H2. The van der Waals surface area contributed by atoms with Crippen LogP contribution in [0.1, 0.15) is 31.2 Å². The van der Waals surface area contributed by atoms with E-state index in [0.29, 0.717) is 12.5 Å². The van der Waals surface area contributed by atoms with E-state index in [4.69, 9.17) is 9.47 Å².